The number of rotatable bonds is 2. The van der Waals surface area contributed by atoms with Crippen LogP contribution in [0.15, 0.2) is 5.38 Å². The second-order valence-electron chi connectivity index (χ2n) is 1.82. The highest BCUT2D eigenvalue weighted by atomic mass is 32.1. The van der Waals surface area contributed by atoms with Gasteiger partial charge in [0.05, 0.1) is 5.69 Å². The van der Waals surface area contributed by atoms with Crippen LogP contribution >= 0.6 is 11.3 Å². The highest BCUT2D eigenvalue weighted by Gasteiger charge is 1.92. The summed E-state index contributed by atoms with van der Waals surface area (Å²) in [4.78, 5) is 4.21. The first-order valence-electron chi connectivity index (χ1n) is 2.99. The van der Waals surface area contributed by atoms with Crippen molar-refractivity contribution in [3.63, 3.8) is 0 Å². The molecule has 0 fully saturated rings. The molecule has 52 valence electrons. The fraction of sp³-hybridized carbons (Fsp3) is 0.500. The zero-order valence-electron chi connectivity index (χ0n) is 5.64. The third kappa shape index (κ3) is 1.68. The van der Waals surface area contributed by atoms with Crippen molar-refractivity contribution < 1.29 is 1.43 Å². The van der Waals surface area contributed by atoms with E-state index in [1.54, 1.807) is 11.3 Å². The molecule has 0 radical (unpaired) electrons. The van der Waals surface area contributed by atoms with E-state index in [4.69, 9.17) is 0 Å². The summed E-state index contributed by atoms with van der Waals surface area (Å²) in [5, 5.41) is 6.20. The number of thiazole rings is 1. The van der Waals surface area contributed by atoms with Crippen molar-refractivity contribution in [2.75, 3.05) is 11.9 Å². The van der Waals surface area contributed by atoms with Crippen molar-refractivity contribution >= 4 is 16.5 Å². The number of nitrogens with zero attached hydrogens (tertiary/aromatic N) is 1. The van der Waals surface area contributed by atoms with Crippen molar-refractivity contribution in [3.8, 4) is 0 Å². The first-order chi connectivity index (χ1) is 4.33. The number of aromatic nitrogens is 1. The summed E-state index contributed by atoms with van der Waals surface area (Å²) in [7, 11) is 0. The average Bonchev–Trinajstić information content (AvgIpc) is 2.17. The smallest absolute Gasteiger partial charge is 0.182 e. The third-order valence-electron chi connectivity index (χ3n) is 0.947. The molecule has 3 heteroatoms. The molecule has 0 aliphatic carbocycles. The minimum Gasteiger partial charge on any atom is -0.362 e. The molecule has 9 heavy (non-hydrogen) atoms. The summed E-state index contributed by atoms with van der Waals surface area (Å²) in [6.45, 7) is 5.01. The molecule has 0 aliphatic rings. The van der Waals surface area contributed by atoms with Gasteiger partial charge in [-0.2, -0.15) is 0 Å². The van der Waals surface area contributed by atoms with Crippen LogP contribution in [0.1, 0.15) is 14.0 Å². The van der Waals surface area contributed by atoms with Gasteiger partial charge in [-0.1, -0.05) is 0 Å². The van der Waals surface area contributed by atoms with Gasteiger partial charge in [0.25, 0.3) is 0 Å². The summed E-state index contributed by atoms with van der Waals surface area (Å²) >= 11 is 1.65. The number of aryl methyl sites for hydroxylation is 1. The molecule has 1 N–H and O–H groups in total. The van der Waals surface area contributed by atoms with E-state index in [9.17, 15) is 0 Å². The van der Waals surface area contributed by atoms with Crippen LogP contribution in [0.2, 0.25) is 0 Å². The van der Waals surface area contributed by atoms with Crippen LogP contribution in [-0.4, -0.2) is 11.5 Å². The molecule has 0 unspecified atom stereocenters. The number of hydrogen-bond acceptors (Lipinski definition) is 3. The van der Waals surface area contributed by atoms with Gasteiger partial charge in [0.2, 0.25) is 0 Å². The van der Waals surface area contributed by atoms with Crippen molar-refractivity contribution in [3.05, 3.63) is 11.1 Å². The normalized spacial score (nSPS) is 9.56. The van der Waals surface area contributed by atoms with Gasteiger partial charge in [-0.25, -0.2) is 4.98 Å². The van der Waals surface area contributed by atoms with Gasteiger partial charge in [-0.05, 0) is 13.8 Å². The lowest BCUT2D eigenvalue weighted by molar-refractivity contribution is 1.17. The van der Waals surface area contributed by atoms with Crippen LogP contribution in [0.4, 0.5) is 5.13 Å². The van der Waals surface area contributed by atoms with Gasteiger partial charge >= 0.3 is 0 Å². The van der Waals surface area contributed by atoms with Crippen LogP contribution in [0.3, 0.4) is 0 Å². The molecular weight excluding hydrogens is 132 g/mol. The number of hydrogen-bond donors (Lipinski definition) is 1. The Hall–Kier alpha value is -0.570. The van der Waals surface area contributed by atoms with E-state index >= 15 is 0 Å². The van der Waals surface area contributed by atoms with E-state index in [-0.39, 0.29) is 1.43 Å². The molecule has 0 spiro atoms. The zero-order chi connectivity index (χ0) is 6.69. The molecule has 1 rings (SSSR count). The Morgan fingerprint density at radius 3 is 3.11 bits per heavy atom. The van der Waals surface area contributed by atoms with E-state index in [1.807, 2.05) is 12.3 Å². The SMILES string of the molecule is CCNc1nc(C)cs1.[HH]. The van der Waals surface area contributed by atoms with Gasteiger partial charge in [0.15, 0.2) is 5.13 Å². The molecule has 0 saturated carbocycles. The minimum atomic E-state index is 0. The molecule has 1 heterocycles. The second kappa shape index (κ2) is 2.82. The Kier molecular flexibility index (Phi) is 2.05. The van der Waals surface area contributed by atoms with Gasteiger partial charge in [0.1, 0.15) is 0 Å². The summed E-state index contributed by atoms with van der Waals surface area (Å²) < 4.78 is 0. The maximum absolute atomic E-state index is 4.21. The Bertz CT molecular complexity index is 188. The Morgan fingerprint density at radius 1 is 1.89 bits per heavy atom. The van der Waals surface area contributed by atoms with Crippen molar-refractivity contribution in [2.45, 2.75) is 13.8 Å². The van der Waals surface area contributed by atoms with E-state index < -0.39 is 0 Å². The molecule has 0 amide bonds. The number of nitrogens with one attached hydrogen (secondary N) is 1. The summed E-state index contributed by atoms with van der Waals surface area (Å²) in [6.07, 6.45) is 0. The topological polar surface area (TPSA) is 24.9 Å². The van der Waals surface area contributed by atoms with Gasteiger partial charge in [-0.3, -0.25) is 0 Å². The van der Waals surface area contributed by atoms with E-state index in [1.165, 1.54) is 0 Å². The third-order valence-corrected chi connectivity index (χ3v) is 1.86. The summed E-state index contributed by atoms with van der Waals surface area (Å²) in [6, 6.07) is 0. The molecule has 0 aliphatic heterocycles. The molecule has 2 nitrogen and oxygen atoms in total. The second-order valence-corrected chi connectivity index (χ2v) is 2.68. The monoisotopic (exact) mass is 144 g/mol. The Morgan fingerprint density at radius 2 is 2.67 bits per heavy atom. The molecule has 1 aromatic rings. The molecule has 1 aromatic heterocycles. The maximum atomic E-state index is 4.21. The van der Waals surface area contributed by atoms with Gasteiger partial charge in [0, 0.05) is 13.4 Å². The van der Waals surface area contributed by atoms with E-state index in [2.05, 4.69) is 17.2 Å². The van der Waals surface area contributed by atoms with Crippen molar-refractivity contribution in [1.82, 2.24) is 4.98 Å². The minimum absolute atomic E-state index is 0. The average molecular weight is 144 g/mol. The quantitative estimate of drug-likeness (QED) is 0.687. The van der Waals surface area contributed by atoms with Gasteiger partial charge in [-0.15, -0.1) is 11.3 Å². The highest BCUT2D eigenvalue weighted by Crippen LogP contribution is 2.13. The Balaban J connectivity index is 0.000000810. The van der Waals surface area contributed by atoms with Crippen LogP contribution in [0.25, 0.3) is 0 Å². The zero-order valence-corrected chi connectivity index (χ0v) is 6.46. The Labute approximate surface area is 60.4 Å². The van der Waals surface area contributed by atoms with Crippen molar-refractivity contribution in [1.29, 1.82) is 0 Å². The summed E-state index contributed by atoms with van der Waals surface area (Å²) in [5.41, 5.74) is 1.09. The van der Waals surface area contributed by atoms with Gasteiger partial charge < -0.3 is 5.32 Å². The van der Waals surface area contributed by atoms with Crippen LogP contribution in [-0.2, 0) is 0 Å². The standard InChI is InChI=1S/C6H10N2S.H2/c1-3-7-6-8-5(2)4-9-6;/h4H,3H2,1-2H3,(H,7,8);1H. The lowest BCUT2D eigenvalue weighted by atomic mass is 10.6. The first kappa shape index (κ1) is 6.55. The largest absolute Gasteiger partial charge is 0.362 e. The molecular formula is C6H12N2S. The predicted octanol–water partition coefficient (Wildman–Crippen LogP) is 2.13. The predicted molar refractivity (Wildman–Crippen MR) is 43.1 cm³/mol. The fourth-order valence-corrected chi connectivity index (χ4v) is 1.35. The molecule has 0 atom stereocenters. The van der Waals surface area contributed by atoms with E-state index in [0.717, 1.165) is 17.4 Å². The van der Waals surface area contributed by atoms with Crippen molar-refractivity contribution in [2.24, 2.45) is 0 Å². The van der Waals surface area contributed by atoms with E-state index in [0.29, 0.717) is 0 Å². The maximum Gasteiger partial charge on any atom is 0.182 e. The number of anilines is 1. The lowest BCUT2D eigenvalue weighted by Gasteiger charge is -1.92. The molecule has 0 saturated heterocycles. The van der Waals surface area contributed by atoms with Crippen LogP contribution < -0.4 is 5.32 Å². The first-order valence-corrected chi connectivity index (χ1v) is 3.87. The van der Waals surface area contributed by atoms with Crippen LogP contribution in [0, 0.1) is 6.92 Å². The molecule has 0 aromatic carbocycles. The van der Waals surface area contributed by atoms with Crippen LogP contribution in [0.5, 0.6) is 0 Å². The summed E-state index contributed by atoms with van der Waals surface area (Å²) in [5.74, 6) is 0. The highest BCUT2D eigenvalue weighted by molar-refractivity contribution is 7.13. The lowest BCUT2D eigenvalue weighted by Crippen LogP contribution is -1.94. The molecule has 0 bridgehead atoms. The fourth-order valence-electron chi connectivity index (χ4n) is 0.586.